The van der Waals surface area contributed by atoms with E-state index in [1.165, 1.54) is 25.6 Å². The quantitative estimate of drug-likeness (QED) is 0.794. The van der Waals surface area contributed by atoms with E-state index < -0.39 is 9.84 Å². The Kier molecular flexibility index (Phi) is 3.28. The Labute approximate surface area is 96.6 Å². The fourth-order valence-corrected chi connectivity index (χ4v) is 2.42. The highest BCUT2D eigenvalue weighted by Gasteiger charge is 2.25. The van der Waals surface area contributed by atoms with Crippen molar-refractivity contribution in [2.75, 3.05) is 13.4 Å². The molecule has 0 aliphatic carbocycles. The van der Waals surface area contributed by atoms with Crippen molar-refractivity contribution < 1.29 is 13.2 Å². The number of hydrogen-bond acceptors (Lipinski definition) is 4. The Balaban J connectivity index is 3.52. The first kappa shape index (κ1) is 13.0. The van der Waals surface area contributed by atoms with Crippen LogP contribution in [0.1, 0.15) is 26.5 Å². The summed E-state index contributed by atoms with van der Waals surface area (Å²) in [6.07, 6.45) is 2.72. The Bertz CT molecular complexity index is 486. The molecule has 0 saturated heterocycles. The van der Waals surface area contributed by atoms with E-state index in [-0.39, 0.29) is 10.3 Å². The van der Waals surface area contributed by atoms with E-state index in [4.69, 9.17) is 4.74 Å². The van der Waals surface area contributed by atoms with Gasteiger partial charge in [0.05, 0.1) is 23.9 Å². The average molecular weight is 243 g/mol. The number of pyridine rings is 1. The molecule has 16 heavy (non-hydrogen) atoms. The zero-order chi connectivity index (χ0) is 12.6. The smallest absolute Gasteiger partial charge is 0.177 e. The van der Waals surface area contributed by atoms with Crippen LogP contribution in [0.4, 0.5) is 0 Å². The normalized spacial score (nSPS) is 12.6. The fourth-order valence-electron chi connectivity index (χ4n) is 1.38. The molecule has 1 heterocycles. The SMILES string of the molecule is COc1cnc(C(C)(C)C)c(S(C)(=O)=O)c1. The van der Waals surface area contributed by atoms with Crippen LogP contribution in [0.3, 0.4) is 0 Å². The summed E-state index contributed by atoms with van der Waals surface area (Å²) < 4.78 is 28.3. The van der Waals surface area contributed by atoms with Gasteiger partial charge in [-0.3, -0.25) is 4.98 Å². The molecule has 0 unspecified atom stereocenters. The molecule has 5 heteroatoms. The van der Waals surface area contributed by atoms with Gasteiger partial charge >= 0.3 is 0 Å². The first-order valence-corrected chi connectivity index (χ1v) is 6.80. The number of rotatable bonds is 2. The van der Waals surface area contributed by atoms with Crippen LogP contribution in [-0.4, -0.2) is 26.8 Å². The third-order valence-electron chi connectivity index (χ3n) is 2.17. The van der Waals surface area contributed by atoms with Crippen LogP contribution in [0.15, 0.2) is 17.2 Å². The first-order chi connectivity index (χ1) is 7.16. The van der Waals surface area contributed by atoms with Crippen LogP contribution < -0.4 is 4.74 Å². The highest BCUT2D eigenvalue weighted by molar-refractivity contribution is 7.90. The predicted molar refractivity (Wildman–Crippen MR) is 62.6 cm³/mol. The van der Waals surface area contributed by atoms with E-state index in [0.29, 0.717) is 11.4 Å². The molecule has 1 rings (SSSR count). The Morgan fingerprint density at radius 3 is 2.25 bits per heavy atom. The molecule has 1 aromatic rings. The van der Waals surface area contributed by atoms with Gasteiger partial charge in [-0.1, -0.05) is 20.8 Å². The van der Waals surface area contributed by atoms with Crippen LogP contribution in [0.25, 0.3) is 0 Å². The summed E-state index contributed by atoms with van der Waals surface area (Å²) in [5.74, 6) is 0.452. The summed E-state index contributed by atoms with van der Waals surface area (Å²) in [4.78, 5) is 4.42. The molecule has 0 N–H and O–H groups in total. The van der Waals surface area contributed by atoms with Gasteiger partial charge in [-0.15, -0.1) is 0 Å². The van der Waals surface area contributed by atoms with Crippen molar-refractivity contribution in [1.29, 1.82) is 0 Å². The lowest BCUT2D eigenvalue weighted by Crippen LogP contribution is -2.18. The highest BCUT2D eigenvalue weighted by atomic mass is 32.2. The molecular weight excluding hydrogens is 226 g/mol. The average Bonchev–Trinajstić information content (AvgIpc) is 2.14. The number of ether oxygens (including phenoxy) is 1. The van der Waals surface area contributed by atoms with Crippen LogP contribution in [-0.2, 0) is 15.3 Å². The lowest BCUT2D eigenvalue weighted by atomic mass is 9.91. The van der Waals surface area contributed by atoms with Gasteiger partial charge in [-0.2, -0.15) is 0 Å². The fraction of sp³-hybridized carbons (Fsp3) is 0.545. The van der Waals surface area contributed by atoms with Crippen LogP contribution in [0.5, 0.6) is 5.75 Å². The third-order valence-corrected chi connectivity index (χ3v) is 3.28. The summed E-state index contributed by atoms with van der Waals surface area (Å²) >= 11 is 0. The van der Waals surface area contributed by atoms with Gasteiger partial charge in [0, 0.05) is 17.7 Å². The largest absolute Gasteiger partial charge is 0.495 e. The molecule has 0 atom stereocenters. The molecule has 0 aliphatic heterocycles. The van der Waals surface area contributed by atoms with E-state index in [0.717, 1.165) is 0 Å². The summed E-state index contributed by atoms with van der Waals surface area (Å²) in [5, 5.41) is 0. The monoisotopic (exact) mass is 243 g/mol. The molecule has 0 bridgehead atoms. The van der Waals surface area contributed by atoms with Crippen molar-refractivity contribution in [3.05, 3.63) is 18.0 Å². The lowest BCUT2D eigenvalue weighted by Gasteiger charge is -2.20. The second-order valence-electron chi connectivity index (χ2n) is 4.74. The molecule has 4 nitrogen and oxygen atoms in total. The molecule has 0 saturated carbocycles. The molecule has 0 spiro atoms. The van der Waals surface area contributed by atoms with E-state index in [2.05, 4.69) is 4.98 Å². The van der Waals surface area contributed by atoms with E-state index in [1.807, 2.05) is 20.8 Å². The Morgan fingerprint density at radius 2 is 1.88 bits per heavy atom. The van der Waals surface area contributed by atoms with E-state index >= 15 is 0 Å². The number of hydrogen-bond donors (Lipinski definition) is 0. The van der Waals surface area contributed by atoms with Crippen LogP contribution in [0.2, 0.25) is 0 Å². The molecule has 0 radical (unpaired) electrons. The summed E-state index contributed by atoms with van der Waals surface area (Å²) in [5.41, 5.74) is 0.251. The van der Waals surface area contributed by atoms with Gasteiger partial charge in [-0.05, 0) is 0 Å². The Morgan fingerprint density at radius 1 is 1.31 bits per heavy atom. The topological polar surface area (TPSA) is 56.3 Å². The van der Waals surface area contributed by atoms with Gasteiger partial charge in [0.15, 0.2) is 9.84 Å². The highest BCUT2D eigenvalue weighted by Crippen LogP contribution is 2.29. The van der Waals surface area contributed by atoms with Gasteiger partial charge in [0.1, 0.15) is 5.75 Å². The van der Waals surface area contributed by atoms with Crippen LogP contribution >= 0.6 is 0 Å². The molecular formula is C11H17NO3S. The molecule has 90 valence electrons. The zero-order valence-corrected chi connectivity index (χ0v) is 11.1. The van der Waals surface area contributed by atoms with E-state index in [1.54, 1.807) is 0 Å². The standard InChI is InChI=1S/C11H17NO3S/c1-11(2,3)10-9(16(5,13)14)6-8(15-4)7-12-10/h6-7H,1-5H3. The maximum Gasteiger partial charge on any atom is 0.177 e. The summed E-state index contributed by atoms with van der Waals surface area (Å²) in [6.45, 7) is 5.78. The molecule has 0 amide bonds. The number of nitrogens with zero attached hydrogens (tertiary/aromatic N) is 1. The van der Waals surface area contributed by atoms with Crippen molar-refractivity contribution in [3.8, 4) is 5.75 Å². The minimum absolute atomic E-state index is 0.236. The number of methoxy groups -OCH3 is 1. The predicted octanol–water partition coefficient (Wildman–Crippen LogP) is 1.79. The van der Waals surface area contributed by atoms with Crippen molar-refractivity contribution in [1.82, 2.24) is 4.98 Å². The maximum atomic E-state index is 11.7. The minimum Gasteiger partial charge on any atom is -0.495 e. The van der Waals surface area contributed by atoms with Crippen molar-refractivity contribution in [2.45, 2.75) is 31.1 Å². The summed E-state index contributed by atoms with van der Waals surface area (Å²) in [6, 6.07) is 1.52. The zero-order valence-electron chi connectivity index (χ0n) is 10.2. The number of sulfone groups is 1. The van der Waals surface area contributed by atoms with Gasteiger partial charge < -0.3 is 4.74 Å². The lowest BCUT2D eigenvalue weighted by molar-refractivity contribution is 0.408. The molecule has 0 aliphatic rings. The van der Waals surface area contributed by atoms with Crippen molar-refractivity contribution in [2.24, 2.45) is 0 Å². The van der Waals surface area contributed by atoms with Crippen molar-refractivity contribution >= 4 is 9.84 Å². The minimum atomic E-state index is -3.29. The van der Waals surface area contributed by atoms with Crippen LogP contribution in [0, 0.1) is 0 Å². The second kappa shape index (κ2) is 4.05. The van der Waals surface area contributed by atoms with Crippen molar-refractivity contribution in [3.63, 3.8) is 0 Å². The molecule has 1 aromatic heterocycles. The van der Waals surface area contributed by atoms with Gasteiger partial charge in [-0.25, -0.2) is 8.42 Å². The molecule has 0 fully saturated rings. The maximum absolute atomic E-state index is 11.7. The first-order valence-electron chi connectivity index (χ1n) is 4.91. The van der Waals surface area contributed by atoms with Gasteiger partial charge in [0.2, 0.25) is 0 Å². The third kappa shape index (κ3) is 2.72. The summed E-state index contributed by atoms with van der Waals surface area (Å²) in [7, 11) is -1.81. The number of aromatic nitrogens is 1. The van der Waals surface area contributed by atoms with E-state index in [9.17, 15) is 8.42 Å². The Hall–Kier alpha value is -1.10. The molecule has 0 aromatic carbocycles. The van der Waals surface area contributed by atoms with Gasteiger partial charge in [0.25, 0.3) is 0 Å². The second-order valence-corrected chi connectivity index (χ2v) is 6.73.